The second kappa shape index (κ2) is 8.53. The third-order valence-electron chi connectivity index (χ3n) is 3.93. The van der Waals surface area contributed by atoms with Crippen molar-refractivity contribution >= 4 is 29.0 Å². The summed E-state index contributed by atoms with van der Waals surface area (Å²) in [6, 6.07) is 11.7. The summed E-state index contributed by atoms with van der Waals surface area (Å²) in [6.07, 6.45) is 1.09. The van der Waals surface area contributed by atoms with Crippen molar-refractivity contribution in [3.05, 3.63) is 80.6 Å². The number of anilines is 1. The maximum Gasteiger partial charge on any atom is 0.374 e. The number of hydrogen-bond donors (Lipinski definition) is 2. The molecule has 1 amide bonds. The minimum Gasteiger partial charge on any atom is -0.434 e. The van der Waals surface area contributed by atoms with Crippen molar-refractivity contribution in [1.82, 2.24) is 15.4 Å². The fraction of sp³-hybridized carbons (Fsp3) is 0.105. The lowest BCUT2D eigenvalue weighted by Crippen LogP contribution is -2.30. The van der Waals surface area contributed by atoms with Gasteiger partial charge in [-0.2, -0.15) is 4.98 Å². The maximum absolute atomic E-state index is 12.2. The van der Waals surface area contributed by atoms with Gasteiger partial charge in [-0.15, -0.1) is 0 Å². The van der Waals surface area contributed by atoms with Gasteiger partial charge in [0, 0.05) is 10.6 Å². The molecular weight excluding hydrogens is 398 g/mol. The second-order valence-corrected chi connectivity index (χ2v) is 6.43. The highest BCUT2D eigenvalue weighted by molar-refractivity contribution is 6.32. The van der Waals surface area contributed by atoms with Crippen molar-refractivity contribution in [2.24, 2.45) is 0 Å². The van der Waals surface area contributed by atoms with Crippen molar-refractivity contribution in [3.8, 4) is 11.6 Å². The SMILES string of the molecule is Cc1cc(Oc2ncnc(NNC(=O)c3ccccc3)c2[N+](=O)[O-])cc(C)c1Cl. The Kier molecular flexibility index (Phi) is 5.89. The molecule has 0 spiro atoms. The minimum absolute atomic E-state index is 0.216. The zero-order chi connectivity index (χ0) is 21.0. The smallest absolute Gasteiger partial charge is 0.374 e. The van der Waals surface area contributed by atoms with E-state index >= 15 is 0 Å². The number of ether oxygens (including phenoxy) is 1. The van der Waals surface area contributed by atoms with Crippen LogP contribution in [0.15, 0.2) is 48.8 Å². The first-order chi connectivity index (χ1) is 13.9. The molecule has 1 heterocycles. The Morgan fingerprint density at radius 1 is 1.14 bits per heavy atom. The van der Waals surface area contributed by atoms with E-state index in [9.17, 15) is 14.9 Å². The number of amides is 1. The van der Waals surface area contributed by atoms with Gasteiger partial charge in [-0.05, 0) is 49.2 Å². The Morgan fingerprint density at radius 2 is 1.79 bits per heavy atom. The minimum atomic E-state index is -0.692. The molecule has 10 heteroatoms. The average Bonchev–Trinajstić information content (AvgIpc) is 2.70. The van der Waals surface area contributed by atoms with Crippen molar-refractivity contribution < 1.29 is 14.5 Å². The summed E-state index contributed by atoms with van der Waals surface area (Å²) in [4.78, 5) is 30.8. The van der Waals surface area contributed by atoms with Gasteiger partial charge < -0.3 is 4.74 Å². The lowest BCUT2D eigenvalue weighted by atomic mass is 10.1. The van der Waals surface area contributed by atoms with Crippen LogP contribution in [0.25, 0.3) is 0 Å². The molecular formula is C19H16ClN5O4. The Balaban J connectivity index is 1.86. The van der Waals surface area contributed by atoms with Gasteiger partial charge in [0.2, 0.25) is 5.82 Å². The van der Waals surface area contributed by atoms with Gasteiger partial charge in [0.15, 0.2) is 0 Å². The van der Waals surface area contributed by atoms with Crippen molar-refractivity contribution in [2.45, 2.75) is 13.8 Å². The summed E-state index contributed by atoms with van der Waals surface area (Å²) in [5, 5.41) is 12.2. The summed E-state index contributed by atoms with van der Waals surface area (Å²) in [7, 11) is 0. The molecule has 3 rings (SSSR count). The number of hydrazine groups is 1. The predicted molar refractivity (Wildman–Crippen MR) is 107 cm³/mol. The van der Waals surface area contributed by atoms with Crippen LogP contribution in [0.5, 0.6) is 11.6 Å². The van der Waals surface area contributed by atoms with Crippen LogP contribution >= 0.6 is 11.6 Å². The number of aromatic nitrogens is 2. The van der Waals surface area contributed by atoms with Crippen LogP contribution in [0.1, 0.15) is 21.5 Å². The van der Waals surface area contributed by atoms with Gasteiger partial charge in [-0.3, -0.25) is 25.8 Å². The lowest BCUT2D eigenvalue weighted by molar-refractivity contribution is -0.385. The topological polar surface area (TPSA) is 119 Å². The normalized spacial score (nSPS) is 10.3. The highest BCUT2D eigenvalue weighted by Crippen LogP contribution is 2.35. The molecule has 1 aromatic heterocycles. The molecule has 0 atom stereocenters. The predicted octanol–water partition coefficient (Wildman–Crippen LogP) is 4.20. The standard InChI is InChI=1S/C19H16ClN5O4/c1-11-8-14(9-12(2)15(11)20)29-19-16(25(27)28)17(21-10-22-19)23-24-18(26)13-6-4-3-5-7-13/h3-10H,1-2H3,(H,24,26)(H,21,22,23). The molecule has 148 valence electrons. The van der Waals surface area contributed by atoms with Crippen molar-refractivity contribution in [3.63, 3.8) is 0 Å². The quantitative estimate of drug-likeness (QED) is 0.459. The number of nitrogens with zero attached hydrogens (tertiary/aromatic N) is 3. The lowest BCUT2D eigenvalue weighted by Gasteiger charge is -2.11. The third kappa shape index (κ3) is 4.58. The van der Waals surface area contributed by atoms with Crippen LogP contribution in [0, 0.1) is 24.0 Å². The Hall–Kier alpha value is -3.72. The molecule has 0 saturated heterocycles. The Morgan fingerprint density at radius 3 is 2.41 bits per heavy atom. The average molecular weight is 414 g/mol. The van der Waals surface area contributed by atoms with E-state index < -0.39 is 16.5 Å². The van der Waals surface area contributed by atoms with Gasteiger partial charge >= 0.3 is 11.6 Å². The monoisotopic (exact) mass is 413 g/mol. The van der Waals surface area contributed by atoms with E-state index in [0.29, 0.717) is 16.3 Å². The van der Waals surface area contributed by atoms with E-state index in [1.807, 2.05) is 0 Å². The molecule has 0 unspecified atom stereocenters. The molecule has 3 aromatic rings. The van der Waals surface area contributed by atoms with Crippen LogP contribution in [-0.2, 0) is 0 Å². The summed E-state index contributed by atoms with van der Waals surface area (Å²) >= 11 is 6.14. The molecule has 9 nitrogen and oxygen atoms in total. The number of benzene rings is 2. The van der Waals surface area contributed by atoms with E-state index in [2.05, 4.69) is 20.8 Å². The molecule has 0 saturated carbocycles. The van der Waals surface area contributed by atoms with E-state index in [1.54, 1.807) is 56.3 Å². The first kappa shape index (κ1) is 20.0. The van der Waals surface area contributed by atoms with Crippen LogP contribution < -0.4 is 15.6 Å². The molecule has 0 aliphatic heterocycles. The number of carbonyl (C=O) groups excluding carboxylic acids is 1. The Bertz CT molecular complexity index is 1050. The van der Waals surface area contributed by atoms with Gasteiger partial charge in [0.25, 0.3) is 5.91 Å². The highest BCUT2D eigenvalue weighted by Gasteiger charge is 2.26. The van der Waals surface area contributed by atoms with Crippen LogP contribution in [0.4, 0.5) is 11.5 Å². The number of nitrogens with one attached hydrogen (secondary N) is 2. The van der Waals surface area contributed by atoms with E-state index in [1.165, 1.54) is 0 Å². The summed E-state index contributed by atoms with van der Waals surface area (Å²) in [5.41, 5.74) is 6.19. The zero-order valence-corrected chi connectivity index (χ0v) is 16.2. The van der Waals surface area contributed by atoms with E-state index in [0.717, 1.165) is 17.5 Å². The second-order valence-electron chi connectivity index (χ2n) is 6.05. The summed E-state index contributed by atoms with van der Waals surface area (Å²) < 4.78 is 5.62. The van der Waals surface area contributed by atoms with Crippen LogP contribution in [-0.4, -0.2) is 20.8 Å². The number of hydrogen-bond acceptors (Lipinski definition) is 7. The summed E-state index contributed by atoms with van der Waals surface area (Å²) in [6.45, 7) is 3.59. The number of aryl methyl sites for hydroxylation is 2. The van der Waals surface area contributed by atoms with Gasteiger partial charge in [0.05, 0.1) is 4.92 Å². The third-order valence-corrected chi connectivity index (χ3v) is 4.52. The molecule has 0 aliphatic carbocycles. The molecule has 0 bridgehead atoms. The maximum atomic E-state index is 12.2. The largest absolute Gasteiger partial charge is 0.434 e. The van der Waals surface area contributed by atoms with Crippen molar-refractivity contribution in [1.29, 1.82) is 0 Å². The molecule has 2 aromatic carbocycles. The van der Waals surface area contributed by atoms with Crippen LogP contribution in [0.2, 0.25) is 5.02 Å². The van der Waals surface area contributed by atoms with E-state index in [-0.39, 0.29) is 11.7 Å². The fourth-order valence-electron chi connectivity index (χ4n) is 2.55. The van der Waals surface area contributed by atoms with Gasteiger partial charge in [0.1, 0.15) is 12.1 Å². The van der Waals surface area contributed by atoms with Crippen LogP contribution in [0.3, 0.4) is 0 Å². The van der Waals surface area contributed by atoms with Gasteiger partial charge in [-0.1, -0.05) is 29.8 Å². The highest BCUT2D eigenvalue weighted by atomic mass is 35.5. The zero-order valence-electron chi connectivity index (χ0n) is 15.5. The molecule has 2 N–H and O–H groups in total. The number of nitro groups is 1. The Labute approximate surface area is 170 Å². The summed E-state index contributed by atoms with van der Waals surface area (Å²) in [5.74, 6) is -0.635. The first-order valence-electron chi connectivity index (χ1n) is 8.42. The molecule has 0 fully saturated rings. The number of rotatable bonds is 6. The van der Waals surface area contributed by atoms with E-state index in [4.69, 9.17) is 16.3 Å². The molecule has 0 radical (unpaired) electrons. The van der Waals surface area contributed by atoms with Crippen molar-refractivity contribution in [2.75, 3.05) is 5.43 Å². The number of carbonyl (C=O) groups is 1. The number of halogens is 1. The fourth-order valence-corrected chi connectivity index (χ4v) is 2.66. The van der Waals surface area contributed by atoms with Gasteiger partial charge in [-0.25, -0.2) is 4.98 Å². The first-order valence-corrected chi connectivity index (χ1v) is 8.80. The molecule has 0 aliphatic rings. The molecule has 29 heavy (non-hydrogen) atoms.